The normalized spacial score (nSPS) is 10.9. The van der Waals surface area contributed by atoms with Gasteiger partial charge in [0.15, 0.2) is 0 Å². The summed E-state index contributed by atoms with van der Waals surface area (Å²) in [6.07, 6.45) is 20.9. The van der Waals surface area contributed by atoms with Gasteiger partial charge in [0.2, 0.25) is 5.88 Å². The highest BCUT2D eigenvalue weighted by Gasteiger charge is 2.07. The molecule has 28 heavy (non-hydrogen) atoms. The lowest BCUT2D eigenvalue weighted by Crippen LogP contribution is -2.19. The van der Waals surface area contributed by atoms with Gasteiger partial charge in [0.25, 0.3) is 5.56 Å². The van der Waals surface area contributed by atoms with Crippen LogP contribution in [0.4, 0.5) is 0 Å². The van der Waals surface area contributed by atoms with E-state index in [1.807, 2.05) is 6.07 Å². The quantitative estimate of drug-likeness (QED) is 0.302. The number of hydrogen-bond donors (Lipinski definition) is 1. The van der Waals surface area contributed by atoms with Crippen LogP contribution in [0, 0.1) is 11.3 Å². The zero-order valence-corrected chi connectivity index (χ0v) is 17.9. The average Bonchev–Trinajstić information content (AvgIpc) is 2.70. The Morgan fingerprint density at radius 3 is 1.64 bits per heavy atom. The van der Waals surface area contributed by atoms with E-state index in [9.17, 15) is 9.90 Å². The molecule has 158 valence electrons. The summed E-state index contributed by atoms with van der Waals surface area (Å²) in [6, 6.07) is 4.64. The van der Waals surface area contributed by atoms with Gasteiger partial charge < -0.3 is 5.11 Å². The summed E-state index contributed by atoms with van der Waals surface area (Å²) in [5.41, 5.74) is -0.0754. The van der Waals surface area contributed by atoms with Gasteiger partial charge in [0, 0.05) is 12.6 Å². The predicted molar refractivity (Wildman–Crippen MR) is 117 cm³/mol. The molecule has 1 rings (SSSR count). The SMILES string of the molecule is CCCCCCCCCCCCCCCCCCn1c(O)c(C#N)ccc1=O. The maximum absolute atomic E-state index is 11.8. The minimum absolute atomic E-state index is 0.163. The molecule has 0 atom stereocenters. The number of hydrogen-bond acceptors (Lipinski definition) is 3. The molecule has 0 amide bonds. The molecule has 0 aliphatic rings. The zero-order valence-electron chi connectivity index (χ0n) is 17.9. The number of rotatable bonds is 17. The molecule has 0 fully saturated rings. The van der Waals surface area contributed by atoms with Gasteiger partial charge in [-0.25, -0.2) is 0 Å². The first kappa shape index (κ1) is 24.3. The molecule has 1 aromatic rings. The van der Waals surface area contributed by atoms with Crippen molar-refractivity contribution in [2.24, 2.45) is 0 Å². The van der Waals surface area contributed by atoms with Crippen LogP contribution in [-0.4, -0.2) is 9.67 Å². The molecule has 0 saturated heterocycles. The van der Waals surface area contributed by atoms with Crippen LogP contribution in [0.15, 0.2) is 16.9 Å². The Morgan fingerprint density at radius 1 is 0.786 bits per heavy atom. The van der Waals surface area contributed by atoms with Gasteiger partial charge in [-0.1, -0.05) is 103 Å². The number of nitriles is 1. The van der Waals surface area contributed by atoms with E-state index in [1.54, 1.807) is 0 Å². The van der Waals surface area contributed by atoms with Crippen LogP contribution in [0.2, 0.25) is 0 Å². The van der Waals surface area contributed by atoms with Crippen molar-refractivity contribution in [1.82, 2.24) is 4.57 Å². The molecule has 1 N–H and O–H groups in total. The van der Waals surface area contributed by atoms with Crippen molar-refractivity contribution in [3.63, 3.8) is 0 Å². The molecule has 0 saturated carbocycles. The number of aromatic hydroxyl groups is 1. The number of aromatic nitrogens is 1. The molecule has 4 nitrogen and oxygen atoms in total. The van der Waals surface area contributed by atoms with Crippen LogP contribution in [0.3, 0.4) is 0 Å². The summed E-state index contributed by atoms with van der Waals surface area (Å²) in [6.45, 7) is 2.75. The smallest absolute Gasteiger partial charge is 0.253 e. The van der Waals surface area contributed by atoms with E-state index in [1.165, 1.54) is 107 Å². The zero-order chi connectivity index (χ0) is 20.5. The molecule has 0 bridgehead atoms. The molecule has 0 aromatic carbocycles. The van der Waals surface area contributed by atoms with Crippen molar-refractivity contribution in [2.75, 3.05) is 0 Å². The van der Waals surface area contributed by atoms with Gasteiger partial charge >= 0.3 is 0 Å². The van der Waals surface area contributed by atoms with Gasteiger partial charge in [-0.15, -0.1) is 0 Å². The summed E-state index contributed by atoms with van der Waals surface area (Å²) in [4.78, 5) is 11.8. The van der Waals surface area contributed by atoms with Crippen LogP contribution in [-0.2, 0) is 6.54 Å². The second kappa shape index (κ2) is 16.2. The summed E-state index contributed by atoms with van der Waals surface area (Å²) in [5, 5.41) is 18.9. The molecular weight excluding hydrogens is 348 g/mol. The van der Waals surface area contributed by atoms with Crippen molar-refractivity contribution in [3.05, 3.63) is 28.0 Å². The molecule has 0 aliphatic heterocycles. The second-order valence-corrected chi connectivity index (χ2v) is 7.98. The highest BCUT2D eigenvalue weighted by Crippen LogP contribution is 2.16. The fourth-order valence-corrected chi connectivity index (χ4v) is 3.69. The van der Waals surface area contributed by atoms with Crippen LogP contribution in [0.5, 0.6) is 5.88 Å². The lowest BCUT2D eigenvalue weighted by Gasteiger charge is -2.09. The van der Waals surface area contributed by atoms with Crippen LogP contribution >= 0.6 is 0 Å². The fourth-order valence-electron chi connectivity index (χ4n) is 3.69. The number of pyridine rings is 1. The van der Waals surface area contributed by atoms with E-state index in [4.69, 9.17) is 5.26 Å². The Hall–Kier alpha value is -1.76. The molecule has 0 unspecified atom stereocenters. The summed E-state index contributed by atoms with van der Waals surface area (Å²) in [5.74, 6) is -0.198. The standard InChI is InChI=1S/C24H40N2O2/c1-2-3-4-5-6-7-8-9-10-11-12-13-14-15-16-17-20-26-23(27)19-18-22(21-25)24(26)28/h18-19,28H,2-17,20H2,1H3. The van der Waals surface area contributed by atoms with E-state index in [2.05, 4.69) is 6.92 Å². The summed E-state index contributed by atoms with van der Waals surface area (Å²) < 4.78 is 1.31. The van der Waals surface area contributed by atoms with Gasteiger partial charge in [0.05, 0.1) is 0 Å². The Kier molecular flexibility index (Phi) is 14.1. The Labute approximate surface area is 171 Å². The first-order chi connectivity index (χ1) is 13.7. The Morgan fingerprint density at radius 2 is 1.21 bits per heavy atom. The molecule has 0 aliphatic carbocycles. The van der Waals surface area contributed by atoms with Gasteiger partial charge in [0.1, 0.15) is 11.6 Å². The van der Waals surface area contributed by atoms with Crippen molar-refractivity contribution in [2.45, 2.75) is 116 Å². The minimum Gasteiger partial charge on any atom is -0.493 e. The van der Waals surface area contributed by atoms with Crippen molar-refractivity contribution < 1.29 is 5.11 Å². The molecule has 4 heteroatoms. The number of nitrogens with zero attached hydrogens (tertiary/aromatic N) is 2. The van der Waals surface area contributed by atoms with Crippen LogP contribution in [0.1, 0.15) is 115 Å². The molecule has 0 spiro atoms. The van der Waals surface area contributed by atoms with Gasteiger partial charge in [-0.2, -0.15) is 5.26 Å². The van der Waals surface area contributed by atoms with E-state index in [0.717, 1.165) is 12.8 Å². The molecular formula is C24H40N2O2. The van der Waals surface area contributed by atoms with Gasteiger partial charge in [-0.05, 0) is 12.5 Å². The third-order valence-electron chi connectivity index (χ3n) is 5.51. The monoisotopic (exact) mass is 388 g/mol. The first-order valence-corrected chi connectivity index (χ1v) is 11.5. The predicted octanol–water partition coefficient (Wildman–Crippen LogP) is 6.69. The fraction of sp³-hybridized carbons (Fsp3) is 0.750. The van der Waals surface area contributed by atoms with E-state index >= 15 is 0 Å². The third kappa shape index (κ3) is 10.5. The Bertz CT molecular complexity index is 616. The topological polar surface area (TPSA) is 66.0 Å². The molecule has 0 radical (unpaired) electrons. The molecule has 1 heterocycles. The van der Waals surface area contributed by atoms with E-state index in [-0.39, 0.29) is 17.0 Å². The Balaban J connectivity index is 1.93. The third-order valence-corrected chi connectivity index (χ3v) is 5.51. The van der Waals surface area contributed by atoms with Crippen molar-refractivity contribution in [1.29, 1.82) is 5.26 Å². The summed E-state index contributed by atoms with van der Waals surface area (Å²) in [7, 11) is 0. The van der Waals surface area contributed by atoms with E-state index < -0.39 is 0 Å². The van der Waals surface area contributed by atoms with Crippen LogP contribution < -0.4 is 5.56 Å². The minimum atomic E-state index is -0.238. The largest absolute Gasteiger partial charge is 0.493 e. The number of unbranched alkanes of at least 4 members (excludes halogenated alkanes) is 15. The highest BCUT2D eigenvalue weighted by molar-refractivity contribution is 5.37. The lowest BCUT2D eigenvalue weighted by atomic mass is 10.0. The van der Waals surface area contributed by atoms with Gasteiger partial charge in [-0.3, -0.25) is 9.36 Å². The van der Waals surface area contributed by atoms with Crippen molar-refractivity contribution in [3.8, 4) is 11.9 Å². The molecule has 1 aromatic heterocycles. The average molecular weight is 389 g/mol. The summed E-state index contributed by atoms with van der Waals surface area (Å²) >= 11 is 0. The second-order valence-electron chi connectivity index (χ2n) is 7.98. The maximum Gasteiger partial charge on any atom is 0.253 e. The first-order valence-electron chi connectivity index (χ1n) is 11.5. The van der Waals surface area contributed by atoms with E-state index in [0.29, 0.717) is 6.54 Å². The van der Waals surface area contributed by atoms with Crippen LogP contribution in [0.25, 0.3) is 0 Å². The van der Waals surface area contributed by atoms with Crippen molar-refractivity contribution >= 4 is 0 Å². The maximum atomic E-state index is 11.8. The highest BCUT2D eigenvalue weighted by atomic mass is 16.3. The lowest BCUT2D eigenvalue weighted by molar-refractivity contribution is 0.396.